The maximum atomic E-state index is 2.53. The third-order valence-electron chi connectivity index (χ3n) is 10.9. The molecule has 1 aliphatic heterocycles. The summed E-state index contributed by atoms with van der Waals surface area (Å²) in [4.78, 5) is 5.06. The number of hydrogen-bond donors (Lipinski definition) is 0. The number of halogens is 2. The number of rotatable bonds is 6. The average molecular weight is 807 g/mol. The van der Waals surface area contributed by atoms with Crippen molar-refractivity contribution < 1.29 is 41.0 Å². The summed E-state index contributed by atoms with van der Waals surface area (Å²) in [5.41, 5.74) is 10.1. The molecule has 3 aromatic carbocycles. The smallest absolute Gasteiger partial charge is 1.00 e. The number of nitrogens with zero attached hydrogens (tertiary/aromatic N) is 2. The molecular weight excluding hydrogens is 747 g/mol. The molecule has 3 aromatic rings. The van der Waals surface area contributed by atoms with Gasteiger partial charge in [-0.1, -0.05) is 65.7 Å². The van der Waals surface area contributed by atoms with E-state index in [0.717, 1.165) is 19.5 Å². The molecule has 4 aliphatic rings. The van der Waals surface area contributed by atoms with E-state index in [1.54, 1.807) is 77.0 Å². The predicted octanol–water partition coefficient (Wildman–Crippen LogP) is 5.51. The molecule has 0 aromatic heterocycles. The number of anilines is 2. The summed E-state index contributed by atoms with van der Waals surface area (Å²) >= 11 is -0.0632. The fourth-order valence-corrected chi connectivity index (χ4v) is 15.3. The molecule has 0 unspecified atom stereocenters. The van der Waals surface area contributed by atoms with E-state index in [4.69, 9.17) is 0 Å². The number of hydrogen-bond acceptors (Lipinski definition) is 2. The molecule has 0 N–H and O–H groups in total. The minimum absolute atomic E-state index is 0. The van der Waals surface area contributed by atoms with E-state index in [-0.39, 0.29) is 41.0 Å². The zero-order valence-electron chi connectivity index (χ0n) is 30.0. The molecule has 0 bridgehead atoms. The van der Waals surface area contributed by atoms with Crippen LogP contribution in [0.2, 0.25) is 0 Å². The maximum Gasteiger partial charge on any atom is -1.00 e. The first-order valence-corrected chi connectivity index (χ1v) is 22.4. The summed E-state index contributed by atoms with van der Waals surface area (Å²) in [6.45, 7) is 6.46. The number of benzene rings is 3. The SMILES string of the molecule is C1CCC(P(C2CCCCC2)C2CCCCC2)CC1.Cc1ccc(N2CCCN(c3ccc(C)cc3)[C]2=[Ru+2]=[CH]c2ccccc2)cc1.[Cl-].[Cl-]. The van der Waals surface area contributed by atoms with Crippen molar-refractivity contribution in [1.29, 1.82) is 0 Å². The van der Waals surface area contributed by atoms with Gasteiger partial charge in [0.15, 0.2) is 0 Å². The van der Waals surface area contributed by atoms with Crippen LogP contribution in [0.1, 0.15) is 119 Å². The molecule has 0 spiro atoms. The van der Waals surface area contributed by atoms with Crippen LogP contribution >= 0.6 is 7.92 Å². The van der Waals surface area contributed by atoms with Gasteiger partial charge in [0.25, 0.3) is 0 Å². The van der Waals surface area contributed by atoms with Gasteiger partial charge in [-0.25, -0.2) is 0 Å². The zero-order valence-corrected chi connectivity index (χ0v) is 34.1. The van der Waals surface area contributed by atoms with Gasteiger partial charge in [-0.3, -0.25) is 0 Å². The molecule has 7 rings (SSSR count). The minimum Gasteiger partial charge on any atom is -1.00 e. The summed E-state index contributed by atoms with van der Waals surface area (Å²) in [6.07, 6.45) is 24.8. The van der Waals surface area contributed by atoms with Crippen molar-refractivity contribution in [2.24, 2.45) is 0 Å². The first kappa shape index (κ1) is 40.4. The van der Waals surface area contributed by atoms with Crippen molar-refractivity contribution in [3.63, 3.8) is 0 Å². The van der Waals surface area contributed by atoms with Gasteiger partial charge in [0, 0.05) is 0 Å². The van der Waals surface area contributed by atoms with Crippen molar-refractivity contribution in [1.82, 2.24) is 0 Å². The maximum absolute atomic E-state index is 2.53. The van der Waals surface area contributed by atoms with Gasteiger partial charge in [0.05, 0.1) is 0 Å². The van der Waals surface area contributed by atoms with E-state index in [1.807, 2.05) is 0 Å². The van der Waals surface area contributed by atoms with Gasteiger partial charge in [-0.15, -0.1) is 0 Å². The van der Waals surface area contributed by atoms with Crippen molar-refractivity contribution >= 4 is 28.3 Å². The minimum atomic E-state index is -0.0632. The van der Waals surface area contributed by atoms with Crippen LogP contribution in [0.5, 0.6) is 0 Å². The van der Waals surface area contributed by atoms with Crippen LogP contribution < -0.4 is 34.6 Å². The first-order chi connectivity index (χ1) is 23.2. The van der Waals surface area contributed by atoms with Crippen LogP contribution in [0.15, 0.2) is 78.9 Å². The molecular formula is C43H59Cl2N2PRu. The third-order valence-corrected chi connectivity index (χ3v) is 17.2. The molecule has 4 fully saturated rings. The number of aryl methyl sites for hydroxylation is 2. The Balaban J connectivity index is 0.000000226. The van der Waals surface area contributed by atoms with Crippen molar-refractivity contribution in [3.05, 3.63) is 95.6 Å². The molecule has 0 atom stereocenters. The molecule has 0 radical (unpaired) electrons. The fraction of sp³-hybridized carbons (Fsp3) is 0.535. The van der Waals surface area contributed by atoms with E-state index in [1.165, 1.54) is 68.7 Å². The Bertz CT molecular complexity index is 1320. The predicted molar refractivity (Wildman–Crippen MR) is 206 cm³/mol. The molecule has 1 heterocycles. The molecule has 3 saturated carbocycles. The Morgan fingerprint density at radius 1 is 0.510 bits per heavy atom. The molecule has 3 aliphatic carbocycles. The van der Waals surface area contributed by atoms with E-state index >= 15 is 0 Å². The van der Waals surface area contributed by atoms with Crippen LogP contribution in [0.4, 0.5) is 11.4 Å². The molecule has 2 nitrogen and oxygen atoms in total. The zero-order chi connectivity index (χ0) is 32.3. The van der Waals surface area contributed by atoms with Gasteiger partial charge in [0.1, 0.15) is 0 Å². The van der Waals surface area contributed by atoms with Crippen molar-refractivity contribution in [2.75, 3.05) is 22.9 Å². The molecule has 0 amide bonds. The summed E-state index contributed by atoms with van der Waals surface area (Å²) in [7, 11) is 0.385. The summed E-state index contributed by atoms with van der Waals surface area (Å²) in [5.74, 6) is 0. The van der Waals surface area contributed by atoms with Crippen LogP contribution in [-0.2, 0) is 16.2 Å². The van der Waals surface area contributed by atoms with Crippen molar-refractivity contribution in [3.8, 4) is 0 Å². The fourth-order valence-electron chi connectivity index (χ4n) is 8.39. The largest absolute Gasteiger partial charge is 1.00 e. The molecule has 6 heteroatoms. The topological polar surface area (TPSA) is 6.48 Å². The first-order valence-electron chi connectivity index (χ1n) is 19.0. The monoisotopic (exact) mass is 806 g/mol. The summed E-state index contributed by atoms with van der Waals surface area (Å²) in [6, 6.07) is 28.6. The Hall–Kier alpha value is -1.37. The Morgan fingerprint density at radius 2 is 0.898 bits per heavy atom. The van der Waals surface area contributed by atoms with Crippen LogP contribution in [-0.4, -0.2) is 39.0 Å². The third kappa shape index (κ3) is 11.6. The van der Waals surface area contributed by atoms with E-state index in [9.17, 15) is 0 Å². The molecule has 49 heavy (non-hydrogen) atoms. The molecule has 1 saturated heterocycles. The Labute approximate surface area is 319 Å². The summed E-state index contributed by atoms with van der Waals surface area (Å²) in [5, 5.41) is 0. The second-order valence-electron chi connectivity index (χ2n) is 14.5. The van der Waals surface area contributed by atoms with E-state index < -0.39 is 0 Å². The van der Waals surface area contributed by atoms with Crippen molar-refractivity contribution in [2.45, 2.75) is 134 Å². The second-order valence-corrected chi connectivity index (χ2v) is 19.4. The average Bonchev–Trinajstić information content (AvgIpc) is 3.14. The normalized spacial score (nSPS) is 19.3. The van der Waals surface area contributed by atoms with Crippen LogP contribution in [0.3, 0.4) is 0 Å². The second kappa shape index (κ2) is 21.2. The standard InChI is InChI=1S/C18H20N2.C18H33P.C7H6.2ClH.Ru/c1-15-4-8-17(9-5-15)19-12-3-13-20(14-19)18-10-6-16(2)7-11-18;1-4-10-16(11-5-1)19(17-12-6-2-7-13-17)18-14-8-3-9-15-18;1-7-5-3-2-4-6-7;;;/h4-11H,3,12-13H2,1-2H3;16-18H,1-15H2;1-6H;2*1H;/q;;;;;+2/p-2. The summed E-state index contributed by atoms with van der Waals surface area (Å²) < 4.78 is 3.87. The van der Waals surface area contributed by atoms with E-state index in [0.29, 0.717) is 7.92 Å². The Kier molecular flexibility index (Phi) is 17.5. The van der Waals surface area contributed by atoms with E-state index in [2.05, 4.69) is 107 Å². The van der Waals surface area contributed by atoms with Gasteiger partial charge < -0.3 is 24.8 Å². The van der Waals surface area contributed by atoms with Gasteiger partial charge in [-0.2, -0.15) is 0 Å². The Morgan fingerprint density at radius 3 is 1.29 bits per heavy atom. The van der Waals surface area contributed by atoms with Gasteiger partial charge in [-0.05, 0) is 55.5 Å². The molecule has 268 valence electrons. The van der Waals surface area contributed by atoms with Crippen LogP contribution in [0, 0.1) is 13.8 Å². The van der Waals surface area contributed by atoms with Gasteiger partial charge in [0.2, 0.25) is 0 Å². The quantitative estimate of drug-likeness (QED) is 0.240. The van der Waals surface area contributed by atoms with Crippen LogP contribution in [0.25, 0.3) is 0 Å². The van der Waals surface area contributed by atoms with Gasteiger partial charge >= 0.3 is 175 Å².